The van der Waals surface area contributed by atoms with Crippen molar-refractivity contribution in [3.05, 3.63) is 36.0 Å². The highest BCUT2D eigenvalue weighted by atomic mass is 16.3. The van der Waals surface area contributed by atoms with Gasteiger partial charge < -0.3 is 14.6 Å². The van der Waals surface area contributed by atoms with Gasteiger partial charge in [-0.2, -0.15) is 0 Å². The van der Waals surface area contributed by atoms with Crippen LogP contribution in [0.4, 0.5) is 0 Å². The first-order valence-electron chi connectivity index (χ1n) is 8.42. The molecule has 116 valence electrons. The van der Waals surface area contributed by atoms with Crippen LogP contribution in [0.25, 0.3) is 10.9 Å². The van der Waals surface area contributed by atoms with Gasteiger partial charge in [0.2, 0.25) is 0 Å². The van der Waals surface area contributed by atoms with Gasteiger partial charge in [-0.25, -0.2) is 0 Å². The molecule has 4 fully saturated rings. The summed E-state index contributed by atoms with van der Waals surface area (Å²) >= 11 is 0. The Balaban J connectivity index is 1.53. The van der Waals surface area contributed by atoms with E-state index in [2.05, 4.69) is 51.9 Å². The first-order chi connectivity index (χ1) is 10.7. The van der Waals surface area contributed by atoms with Gasteiger partial charge in [0.25, 0.3) is 0 Å². The van der Waals surface area contributed by atoms with E-state index in [0.717, 1.165) is 30.5 Å². The highest BCUT2D eigenvalue weighted by Crippen LogP contribution is 2.45. The van der Waals surface area contributed by atoms with Crippen LogP contribution in [-0.4, -0.2) is 51.7 Å². The normalized spacial score (nSPS) is 35.4. The van der Waals surface area contributed by atoms with Crippen LogP contribution in [0.2, 0.25) is 0 Å². The van der Waals surface area contributed by atoms with Crippen molar-refractivity contribution in [1.29, 1.82) is 0 Å². The number of hydrogen-bond acceptors (Lipinski definition) is 3. The maximum atomic E-state index is 11.1. The zero-order valence-electron chi connectivity index (χ0n) is 13.0. The van der Waals surface area contributed by atoms with E-state index >= 15 is 0 Å². The van der Waals surface area contributed by atoms with Crippen LogP contribution in [0, 0.1) is 11.8 Å². The molecule has 4 heteroatoms. The summed E-state index contributed by atoms with van der Waals surface area (Å²) in [5.41, 5.74) is 2.26. The second-order valence-corrected chi connectivity index (χ2v) is 7.32. The van der Waals surface area contributed by atoms with Crippen LogP contribution in [0.1, 0.15) is 18.2 Å². The fourth-order valence-electron chi connectivity index (χ4n) is 5.19. The Morgan fingerprint density at radius 1 is 1.18 bits per heavy atom. The van der Waals surface area contributed by atoms with Gasteiger partial charge in [0.1, 0.15) is 6.23 Å². The van der Waals surface area contributed by atoms with Gasteiger partial charge in [-0.15, -0.1) is 0 Å². The lowest BCUT2D eigenvalue weighted by Crippen LogP contribution is -2.54. The van der Waals surface area contributed by atoms with Gasteiger partial charge in [-0.1, -0.05) is 18.2 Å². The summed E-state index contributed by atoms with van der Waals surface area (Å²) in [7, 11) is 2.06. The number of piperidine rings is 3. The molecule has 5 heterocycles. The molecule has 4 saturated heterocycles. The van der Waals surface area contributed by atoms with Crippen molar-refractivity contribution in [2.45, 2.75) is 18.7 Å². The molecule has 0 spiro atoms. The average molecular weight is 297 g/mol. The minimum absolute atomic E-state index is 0.471. The summed E-state index contributed by atoms with van der Waals surface area (Å²) in [6, 6.07) is 8.93. The number of aliphatic hydroxyl groups excluding tert-OH is 1. The van der Waals surface area contributed by atoms with Crippen LogP contribution in [0.3, 0.4) is 0 Å². The number of benzene rings is 1. The van der Waals surface area contributed by atoms with Crippen molar-refractivity contribution in [1.82, 2.24) is 14.4 Å². The van der Waals surface area contributed by atoms with E-state index in [1.54, 1.807) is 0 Å². The number of rotatable bonds is 2. The van der Waals surface area contributed by atoms with E-state index in [4.69, 9.17) is 0 Å². The number of aromatic nitrogens is 1. The van der Waals surface area contributed by atoms with Gasteiger partial charge >= 0.3 is 0 Å². The molecule has 6 rings (SSSR count). The van der Waals surface area contributed by atoms with Crippen molar-refractivity contribution in [3.8, 4) is 0 Å². The third-order valence-corrected chi connectivity index (χ3v) is 6.21. The number of likely N-dealkylation sites (tertiary alicyclic amines) is 1. The predicted molar refractivity (Wildman–Crippen MR) is 86.4 cm³/mol. The molecule has 0 saturated carbocycles. The lowest BCUT2D eigenvalue weighted by Gasteiger charge is -2.45. The molecule has 4 aliphatic heterocycles. The summed E-state index contributed by atoms with van der Waals surface area (Å²) in [6.45, 7) is 4.69. The fourth-order valence-corrected chi connectivity index (χ4v) is 5.19. The third kappa shape index (κ3) is 1.69. The molecule has 1 aromatic heterocycles. The number of aryl methyl sites for hydroxylation is 1. The molecule has 0 amide bonds. The summed E-state index contributed by atoms with van der Waals surface area (Å²) in [4.78, 5) is 4.96. The van der Waals surface area contributed by atoms with E-state index in [0.29, 0.717) is 6.04 Å². The van der Waals surface area contributed by atoms with Crippen molar-refractivity contribution in [2.24, 2.45) is 18.9 Å². The molecule has 5 atom stereocenters. The van der Waals surface area contributed by atoms with E-state index in [9.17, 15) is 5.11 Å². The van der Waals surface area contributed by atoms with Gasteiger partial charge in [0.15, 0.2) is 0 Å². The minimum atomic E-state index is -0.471. The average Bonchev–Trinajstić information content (AvgIpc) is 3.03. The molecular weight excluding hydrogens is 274 g/mol. The molecule has 4 bridgehead atoms. The van der Waals surface area contributed by atoms with Crippen LogP contribution < -0.4 is 0 Å². The van der Waals surface area contributed by atoms with Crippen molar-refractivity contribution in [3.63, 3.8) is 0 Å². The maximum Gasteiger partial charge on any atom is 0.135 e. The molecule has 4 aliphatic rings. The standard InChI is InChI=1S/C18H23N3O/c1-19-10-15(14-4-2-3-5-16(14)19)18(22)21-9-12-8-20-7-6-13(12)17(21)11-20/h2-5,10,12-13,17-18,22H,6-9,11H2,1H3/t12-,13-,17-,18?/m0/s1. The number of para-hydroxylation sites is 1. The number of aliphatic hydroxyl groups is 1. The Morgan fingerprint density at radius 3 is 2.86 bits per heavy atom. The van der Waals surface area contributed by atoms with Crippen molar-refractivity contribution >= 4 is 10.9 Å². The fraction of sp³-hybridized carbons (Fsp3) is 0.556. The minimum Gasteiger partial charge on any atom is -0.374 e. The van der Waals surface area contributed by atoms with Crippen LogP contribution in [0.5, 0.6) is 0 Å². The largest absolute Gasteiger partial charge is 0.374 e. The van der Waals surface area contributed by atoms with Crippen molar-refractivity contribution in [2.75, 3.05) is 26.2 Å². The van der Waals surface area contributed by atoms with Crippen molar-refractivity contribution < 1.29 is 5.11 Å². The molecule has 2 aromatic rings. The monoisotopic (exact) mass is 297 g/mol. The quantitative estimate of drug-likeness (QED) is 0.917. The van der Waals surface area contributed by atoms with Gasteiger partial charge in [0.05, 0.1) is 0 Å². The Bertz CT molecular complexity index is 724. The second-order valence-electron chi connectivity index (χ2n) is 7.32. The summed E-state index contributed by atoms with van der Waals surface area (Å²) in [5.74, 6) is 1.56. The molecule has 0 aliphatic carbocycles. The summed E-state index contributed by atoms with van der Waals surface area (Å²) in [6.07, 6.45) is 2.95. The number of hydrogen-bond donors (Lipinski definition) is 1. The Morgan fingerprint density at radius 2 is 2.05 bits per heavy atom. The SMILES string of the molecule is Cn1cc(C(O)N2C[C@@H]3CN4CC[C@@H]3[C@@H]2C4)c2ccccc21. The molecule has 0 radical (unpaired) electrons. The third-order valence-electron chi connectivity index (χ3n) is 6.21. The Labute approximate surface area is 130 Å². The highest BCUT2D eigenvalue weighted by molar-refractivity contribution is 5.84. The highest BCUT2D eigenvalue weighted by Gasteiger charge is 2.51. The Kier molecular flexibility index (Phi) is 2.72. The molecule has 2 unspecified atom stereocenters. The molecule has 4 nitrogen and oxygen atoms in total. The molecular formula is C18H23N3O. The van der Waals surface area contributed by atoms with E-state index in [1.165, 1.54) is 30.4 Å². The first kappa shape index (κ1) is 13.1. The lowest BCUT2D eigenvalue weighted by molar-refractivity contribution is -0.0320. The van der Waals surface area contributed by atoms with Gasteiger partial charge in [-0.05, 0) is 30.9 Å². The summed E-state index contributed by atoms with van der Waals surface area (Å²) < 4.78 is 2.13. The topological polar surface area (TPSA) is 31.6 Å². The Hall–Kier alpha value is -1.36. The van der Waals surface area contributed by atoms with Gasteiger partial charge in [-0.3, -0.25) is 4.90 Å². The first-order valence-corrected chi connectivity index (χ1v) is 8.42. The van der Waals surface area contributed by atoms with Crippen LogP contribution in [0.15, 0.2) is 30.5 Å². The predicted octanol–water partition coefficient (Wildman–Crippen LogP) is 1.81. The summed E-state index contributed by atoms with van der Waals surface area (Å²) in [5, 5.41) is 12.3. The van der Waals surface area contributed by atoms with Gasteiger partial charge in [0, 0.05) is 55.4 Å². The van der Waals surface area contributed by atoms with E-state index in [1.807, 2.05) is 0 Å². The van der Waals surface area contributed by atoms with Crippen LogP contribution >= 0.6 is 0 Å². The number of fused-ring (bicyclic) bond motifs is 2. The number of nitrogens with zero attached hydrogens (tertiary/aromatic N) is 3. The lowest BCUT2D eigenvalue weighted by atomic mass is 9.80. The zero-order chi connectivity index (χ0) is 14.8. The second kappa shape index (κ2) is 4.57. The molecule has 1 aromatic carbocycles. The smallest absolute Gasteiger partial charge is 0.135 e. The maximum absolute atomic E-state index is 11.1. The van der Waals surface area contributed by atoms with E-state index < -0.39 is 6.23 Å². The molecule has 22 heavy (non-hydrogen) atoms. The molecule has 1 N–H and O–H groups in total. The van der Waals surface area contributed by atoms with E-state index in [-0.39, 0.29) is 0 Å². The zero-order valence-corrected chi connectivity index (χ0v) is 13.0. The van der Waals surface area contributed by atoms with Crippen LogP contribution in [-0.2, 0) is 7.05 Å².